The number of carbonyl (C=O) groups excluding carboxylic acids is 2. The van der Waals surface area contributed by atoms with Crippen LogP contribution in [0.3, 0.4) is 0 Å². The fourth-order valence-corrected chi connectivity index (χ4v) is 3.08. The molecule has 3 aliphatic heterocycles. The lowest BCUT2D eigenvalue weighted by Crippen LogP contribution is -2.34. The third-order valence-corrected chi connectivity index (χ3v) is 4.50. The Hall–Kier alpha value is -1.14. The van der Waals surface area contributed by atoms with Crippen molar-refractivity contribution in [3.63, 3.8) is 0 Å². The number of rotatable bonds is 9. The molecule has 6 heteroatoms. The molecular formula is C15H24N2O4. The fraction of sp³-hybridized carbons (Fsp3) is 0.867. The predicted molar refractivity (Wildman–Crippen MR) is 75.8 cm³/mol. The molecule has 3 saturated heterocycles. The summed E-state index contributed by atoms with van der Waals surface area (Å²) in [5.74, 6) is 0.523. The van der Waals surface area contributed by atoms with Crippen LogP contribution in [0.25, 0.3) is 0 Å². The number of hydrogen-bond donors (Lipinski definition) is 0. The van der Waals surface area contributed by atoms with E-state index < -0.39 is 0 Å². The molecule has 0 radical (unpaired) electrons. The Bertz CT molecular complexity index is 392. The largest absolute Gasteiger partial charge is 0.373 e. The van der Waals surface area contributed by atoms with Crippen LogP contribution in [0.1, 0.15) is 32.6 Å². The molecule has 6 nitrogen and oxygen atoms in total. The first-order valence-electron chi connectivity index (χ1n) is 7.99. The minimum absolute atomic E-state index is 0.0607. The molecular weight excluding hydrogens is 272 g/mol. The summed E-state index contributed by atoms with van der Waals surface area (Å²) in [6, 6.07) is -0.130. The topological polar surface area (TPSA) is 65.7 Å². The van der Waals surface area contributed by atoms with Crippen molar-refractivity contribution in [2.45, 2.75) is 44.8 Å². The maximum Gasteiger partial charge on any atom is 0.327 e. The van der Waals surface area contributed by atoms with Crippen molar-refractivity contribution in [3.05, 3.63) is 0 Å². The number of ether oxygens (including phenoxy) is 2. The summed E-state index contributed by atoms with van der Waals surface area (Å²) in [5.41, 5.74) is 0. The quantitative estimate of drug-likeness (QED) is 0.474. The summed E-state index contributed by atoms with van der Waals surface area (Å²) in [5, 5.41) is 0. The summed E-state index contributed by atoms with van der Waals surface area (Å²) in [4.78, 5) is 26.8. The van der Waals surface area contributed by atoms with Gasteiger partial charge in [-0.2, -0.15) is 0 Å². The van der Waals surface area contributed by atoms with Crippen molar-refractivity contribution in [2.24, 2.45) is 5.92 Å². The predicted octanol–water partition coefficient (Wildman–Crippen LogP) is 1.24. The Labute approximate surface area is 125 Å². The molecule has 0 aliphatic carbocycles. The number of likely N-dealkylation sites (N-methyl/N-ethyl adjacent to an activating group) is 1. The number of urea groups is 1. The highest BCUT2D eigenvalue weighted by molar-refractivity contribution is 6.01. The van der Waals surface area contributed by atoms with E-state index >= 15 is 0 Å². The minimum Gasteiger partial charge on any atom is -0.373 e. The molecule has 3 rings (SSSR count). The zero-order chi connectivity index (χ0) is 14.8. The Morgan fingerprint density at radius 2 is 1.81 bits per heavy atom. The van der Waals surface area contributed by atoms with E-state index in [0.717, 1.165) is 38.9 Å². The lowest BCUT2D eigenvalue weighted by Gasteiger charge is -2.18. The molecule has 3 aliphatic rings. The number of imide groups is 1. The first kappa shape index (κ1) is 14.8. The molecule has 0 aromatic carbocycles. The van der Waals surface area contributed by atoms with Gasteiger partial charge in [0.05, 0.1) is 25.4 Å². The number of carbonyl (C=O) groups is 2. The van der Waals surface area contributed by atoms with Crippen LogP contribution in [0.5, 0.6) is 0 Å². The Morgan fingerprint density at radius 3 is 2.29 bits per heavy atom. The van der Waals surface area contributed by atoms with Crippen LogP contribution in [0, 0.1) is 5.92 Å². The Morgan fingerprint density at radius 1 is 1.19 bits per heavy atom. The molecule has 118 valence electrons. The van der Waals surface area contributed by atoms with E-state index in [0.29, 0.717) is 31.2 Å². The van der Waals surface area contributed by atoms with Crippen molar-refractivity contribution < 1.29 is 19.1 Å². The van der Waals surface area contributed by atoms with Crippen molar-refractivity contribution in [1.29, 1.82) is 0 Å². The van der Waals surface area contributed by atoms with Crippen LogP contribution < -0.4 is 0 Å². The number of hydrogen-bond acceptors (Lipinski definition) is 4. The number of amides is 3. The van der Waals surface area contributed by atoms with Gasteiger partial charge in [0.1, 0.15) is 6.54 Å². The molecule has 0 spiro atoms. The zero-order valence-corrected chi connectivity index (χ0v) is 12.6. The average Bonchev–Trinajstić information content (AvgIpc) is 3.36. The molecule has 0 aromatic rings. The van der Waals surface area contributed by atoms with E-state index in [1.807, 2.05) is 6.92 Å². The highest BCUT2D eigenvalue weighted by atomic mass is 16.6. The molecule has 0 aromatic heterocycles. The van der Waals surface area contributed by atoms with Crippen LogP contribution in [-0.4, -0.2) is 66.8 Å². The highest BCUT2D eigenvalue weighted by Gasteiger charge is 2.35. The summed E-state index contributed by atoms with van der Waals surface area (Å²) in [6.45, 7) is 5.05. The van der Waals surface area contributed by atoms with Gasteiger partial charge in [-0.3, -0.25) is 9.69 Å². The first-order valence-corrected chi connectivity index (χ1v) is 7.99. The van der Waals surface area contributed by atoms with E-state index in [-0.39, 0.29) is 18.5 Å². The monoisotopic (exact) mass is 296 g/mol. The fourth-order valence-electron chi connectivity index (χ4n) is 3.08. The second-order valence-corrected chi connectivity index (χ2v) is 6.23. The van der Waals surface area contributed by atoms with Crippen molar-refractivity contribution in [3.8, 4) is 0 Å². The molecule has 21 heavy (non-hydrogen) atoms. The van der Waals surface area contributed by atoms with Crippen LogP contribution in [0.2, 0.25) is 0 Å². The van der Waals surface area contributed by atoms with E-state index in [9.17, 15) is 9.59 Å². The van der Waals surface area contributed by atoms with E-state index in [1.54, 1.807) is 4.90 Å². The summed E-state index contributed by atoms with van der Waals surface area (Å²) >= 11 is 0. The van der Waals surface area contributed by atoms with Gasteiger partial charge >= 0.3 is 6.03 Å². The van der Waals surface area contributed by atoms with Gasteiger partial charge in [-0.05, 0) is 38.5 Å². The van der Waals surface area contributed by atoms with Crippen LogP contribution >= 0.6 is 0 Å². The van der Waals surface area contributed by atoms with Crippen LogP contribution in [-0.2, 0) is 14.3 Å². The molecule has 3 amide bonds. The minimum atomic E-state index is -0.130. The standard InChI is InChI=1S/C15H24N2O4/c1-2-16-8-14(18)17(15(16)19)5-3-4-11(6-12-9-20-12)7-13-10-21-13/h11-13H,2-10H2,1H3. The normalized spacial score (nSPS) is 29.2. The smallest absolute Gasteiger partial charge is 0.327 e. The number of epoxide rings is 2. The maximum atomic E-state index is 12.0. The van der Waals surface area contributed by atoms with Crippen LogP contribution in [0.4, 0.5) is 4.79 Å². The lowest BCUT2D eigenvalue weighted by molar-refractivity contribution is -0.125. The van der Waals surface area contributed by atoms with Crippen molar-refractivity contribution in [2.75, 3.05) is 32.8 Å². The van der Waals surface area contributed by atoms with E-state index in [4.69, 9.17) is 9.47 Å². The van der Waals surface area contributed by atoms with E-state index in [2.05, 4.69) is 0 Å². The van der Waals surface area contributed by atoms with Crippen molar-refractivity contribution in [1.82, 2.24) is 9.80 Å². The van der Waals surface area contributed by atoms with Crippen molar-refractivity contribution >= 4 is 11.9 Å². The van der Waals surface area contributed by atoms with Gasteiger partial charge in [-0.25, -0.2) is 4.79 Å². The molecule has 2 atom stereocenters. The van der Waals surface area contributed by atoms with Gasteiger partial charge in [0.15, 0.2) is 0 Å². The van der Waals surface area contributed by atoms with Gasteiger partial charge in [-0.1, -0.05) is 0 Å². The van der Waals surface area contributed by atoms with Gasteiger partial charge in [-0.15, -0.1) is 0 Å². The highest BCUT2D eigenvalue weighted by Crippen LogP contribution is 2.30. The van der Waals surface area contributed by atoms with Gasteiger partial charge in [0.2, 0.25) is 5.91 Å². The van der Waals surface area contributed by atoms with Gasteiger partial charge < -0.3 is 14.4 Å². The Balaban J connectivity index is 1.42. The second kappa shape index (κ2) is 6.32. The van der Waals surface area contributed by atoms with E-state index in [1.165, 1.54) is 4.90 Å². The summed E-state index contributed by atoms with van der Waals surface area (Å²) < 4.78 is 10.6. The second-order valence-electron chi connectivity index (χ2n) is 6.23. The number of nitrogens with zero attached hydrogens (tertiary/aromatic N) is 2. The molecule has 2 unspecified atom stereocenters. The first-order chi connectivity index (χ1) is 10.2. The molecule has 3 heterocycles. The maximum absolute atomic E-state index is 12.0. The average molecular weight is 296 g/mol. The zero-order valence-electron chi connectivity index (χ0n) is 12.6. The summed E-state index contributed by atoms with van der Waals surface area (Å²) in [6.07, 6.45) is 4.94. The third kappa shape index (κ3) is 3.95. The SMILES string of the molecule is CCN1CC(=O)N(CCCC(CC2CO2)CC2CO2)C1=O. The molecule has 0 N–H and O–H groups in total. The molecule has 0 saturated carbocycles. The lowest BCUT2D eigenvalue weighted by atomic mass is 9.93. The summed E-state index contributed by atoms with van der Waals surface area (Å²) in [7, 11) is 0. The van der Waals surface area contributed by atoms with Crippen LogP contribution in [0.15, 0.2) is 0 Å². The third-order valence-electron chi connectivity index (χ3n) is 4.50. The molecule has 0 bridgehead atoms. The Kier molecular flexibility index (Phi) is 4.45. The molecule has 3 fully saturated rings. The van der Waals surface area contributed by atoms with Gasteiger partial charge in [0, 0.05) is 13.1 Å². The van der Waals surface area contributed by atoms with Gasteiger partial charge in [0.25, 0.3) is 0 Å².